The van der Waals surface area contributed by atoms with Crippen LogP contribution in [0.4, 0.5) is 18.9 Å². The van der Waals surface area contributed by atoms with Gasteiger partial charge in [-0.15, -0.1) is 0 Å². The van der Waals surface area contributed by atoms with Crippen LogP contribution < -0.4 is 5.32 Å². The maximum absolute atomic E-state index is 13.1. The molecule has 204 valence electrons. The van der Waals surface area contributed by atoms with Crippen LogP contribution in [0, 0.1) is 0 Å². The van der Waals surface area contributed by atoms with Gasteiger partial charge in [-0.1, -0.05) is 18.2 Å². The highest BCUT2D eigenvalue weighted by Crippen LogP contribution is 2.34. The van der Waals surface area contributed by atoms with Gasteiger partial charge in [0.15, 0.2) is 0 Å². The third-order valence-electron chi connectivity index (χ3n) is 6.50. The molecule has 7 nitrogen and oxygen atoms in total. The van der Waals surface area contributed by atoms with Gasteiger partial charge in [-0.3, -0.25) is 9.78 Å². The summed E-state index contributed by atoms with van der Waals surface area (Å²) in [5.41, 5.74) is 3.68. The molecule has 0 bridgehead atoms. The van der Waals surface area contributed by atoms with Gasteiger partial charge in [-0.05, 0) is 75.6 Å². The molecule has 0 atom stereocenters. The fraction of sp³-hybridized carbons (Fsp3) is 0.200. The summed E-state index contributed by atoms with van der Waals surface area (Å²) in [6.45, 7) is 1.67. The number of pyridine rings is 1. The Kier molecular flexibility index (Phi) is 7.61. The van der Waals surface area contributed by atoms with E-state index in [9.17, 15) is 18.0 Å². The number of nitrogens with zero attached hydrogens (tertiary/aromatic N) is 5. The van der Waals surface area contributed by atoms with Crippen LogP contribution in [-0.4, -0.2) is 51.0 Å². The SMILES string of the molecule is CN(C)CCCn1c(-c2ccncc2)cc2c(-c3cccc(NC(=O)c4cccc(C(F)(F)F)c4)c3)ncnc21. The number of carbonyl (C=O) groups excluding carboxylic acids is 1. The summed E-state index contributed by atoms with van der Waals surface area (Å²) >= 11 is 0. The van der Waals surface area contributed by atoms with Gasteiger partial charge < -0.3 is 14.8 Å². The van der Waals surface area contributed by atoms with Gasteiger partial charge in [-0.2, -0.15) is 13.2 Å². The Balaban J connectivity index is 1.50. The van der Waals surface area contributed by atoms with Crippen molar-refractivity contribution in [1.29, 1.82) is 0 Å². The summed E-state index contributed by atoms with van der Waals surface area (Å²) < 4.78 is 41.5. The maximum atomic E-state index is 13.1. The lowest BCUT2D eigenvalue weighted by atomic mass is 10.1. The van der Waals surface area contributed by atoms with Crippen molar-refractivity contribution in [3.05, 3.63) is 96.6 Å². The van der Waals surface area contributed by atoms with Crippen LogP contribution in [0.15, 0.2) is 85.5 Å². The van der Waals surface area contributed by atoms with Crippen molar-refractivity contribution in [3.8, 4) is 22.5 Å². The van der Waals surface area contributed by atoms with E-state index in [0.717, 1.165) is 59.5 Å². The number of halogens is 3. The molecule has 3 aromatic heterocycles. The number of amides is 1. The second-order valence-electron chi connectivity index (χ2n) is 9.65. The van der Waals surface area contributed by atoms with Crippen molar-refractivity contribution >= 4 is 22.6 Å². The highest BCUT2D eigenvalue weighted by atomic mass is 19.4. The highest BCUT2D eigenvalue weighted by molar-refractivity contribution is 6.05. The van der Waals surface area contributed by atoms with Gasteiger partial charge in [0.05, 0.1) is 17.0 Å². The number of nitrogens with one attached hydrogen (secondary N) is 1. The number of rotatable bonds is 8. The molecule has 10 heteroatoms. The first-order valence-corrected chi connectivity index (χ1v) is 12.7. The van der Waals surface area contributed by atoms with E-state index in [4.69, 9.17) is 0 Å². The monoisotopic (exact) mass is 544 g/mol. The molecule has 1 N–H and O–H groups in total. The maximum Gasteiger partial charge on any atom is 0.416 e. The molecular weight excluding hydrogens is 517 g/mol. The molecule has 0 fully saturated rings. The number of aryl methyl sites for hydroxylation is 1. The zero-order valence-electron chi connectivity index (χ0n) is 22.0. The summed E-state index contributed by atoms with van der Waals surface area (Å²) in [6, 6.07) is 17.4. The Bertz CT molecular complexity index is 1650. The third-order valence-corrected chi connectivity index (χ3v) is 6.50. The second-order valence-corrected chi connectivity index (χ2v) is 9.65. The van der Waals surface area contributed by atoms with Crippen molar-refractivity contribution in [2.75, 3.05) is 26.0 Å². The third kappa shape index (κ3) is 5.86. The Labute approximate surface area is 229 Å². The number of aromatic nitrogens is 4. The van der Waals surface area contributed by atoms with E-state index in [1.165, 1.54) is 18.5 Å². The topological polar surface area (TPSA) is 75.9 Å². The predicted octanol–water partition coefficient (Wildman–Crippen LogP) is 6.38. The van der Waals surface area contributed by atoms with Crippen molar-refractivity contribution in [1.82, 2.24) is 24.4 Å². The van der Waals surface area contributed by atoms with Crippen molar-refractivity contribution in [2.24, 2.45) is 0 Å². The van der Waals surface area contributed by atoms with Gasteiger partial charge in [0.25, 0.3) is 5.91 Å². The van der Waals surface area contributed by atoms with Gasteiger partial charge in [0, 0.05) is 46.7 Å². The van der Waals surface area contributed by atoms with Gasteiger partial charge in [0.2, 0.25) is 0 Å². The first kappa shape index (κ1) is 27.0. The number of anilines is 1. The van der Waals surface area contributed by atoms with Crippen molar-refractivity contribution in [3.63, 3.8) is 0 Å². The minimum absolute atomic E-state index is 0.0820. The average Bonchev–Trinajstić information content (AvgIpc) is 3.32. The van der Waals surface area contributed by atoms with Crippen LogP contribution in [-0.2, 0) is 12.7 Å². The van der Waals surface area contributed by atoms with Crippen LogP contribution in [0.1, 0.15) is 22.3 Å². The molecule has 0 aliphatic rings. The molecule has 0 aliphatic heterocycles. The lowest BCUT2D eigenvalue weighted by molar-refractivity contribution is -0.137. The minimum atomic E-state index is -4.54. The van der Waals surface area contributed by atoms with E-state index in [0.29, 0.717) is 11.4 Å². The molecule has 0 radical (unpaired) electrons. The van der Waals surface area contributed by atoms with E-state index in [1.54, 1.807) is 30.6 Å². The fourth-order valence-corrected chi connectivity index (χ4v) is 4.61. The lowest BCUT2D eigenvalue weighted by Gasteiger charge is -2.13. The van der Waals surface area contributed by atoms with Crippen LogP contribution >= 0.6 is 0 Å². The van der Waals surface area contributed by atoms with E-state index in [2.05, 4.69) is 35.8 Å². The quantitative estimate of drug-likeness (QED) is 0.245. The first-order chi connectivity index (χ1) is 19.2. The molecule has 0 saturated heterocycles. The molecule has 2 aromatic carbocycles. The molecule has 0 unspecified atom stereocenters. The van der Waals surface area contributed by atoms with E-state index >= 15 is 0 Å². The lowest BCUT2D eigenvalue weighted by Crippen LogP contribution is -2.15. The summed E-state index contributed by atoms with van der Waals surface area (Å²) in [5.74, 6) is -0.636. The molecule has 5 rings (SSSR count). The number of benzene rings is 2. The average molecular weight is 545 g/mol. The molecule has 0 saturated carbocycles. The largest absolute Gasteiger partial charge is 0.416 e. The van der Waals surface area contributed by atoms with E-state index < -0.39 is 17.6 Å². The van der Waals surface area contributed by atoms with E-state index in [1.807, 2.05) is 32.3 Å². The normalized spacial score (nSPS) is 11.8. The van der Waals surface area contributed by atoms with Crippen LogP contribution in [0.5, 0.6) is 0 Å². The smallest absolute Gasteiger partial charge is 0.325 e. The minimum Gasteiger partial charge on any atom is -0.325 e. The van der Waals surface area contributed by atoms with Crippen molar-refractivity contribution in [2.45, 2.75) is 19.1 Å². The van der Waals surface area contributed by atoms with Crippen LogP contribution in [0.3, 0.4) is 0 Å². The zero-order valence-corrected chi connectivity index (χ0v) is 22.0. The van der Waals surface area contributed by atoms with Gasteiger partial charge in [0.1, 0.15) is 12.0 Å². The second kappa shape index (κ2) is 11.3. The summed E-state index contributed by atoms with van der Waals surface area (Å²) in [7, 11) is 4.08. The summed E-state index contributed by atoms with van der Waals surface area (Å²) in [6.07, 6.45) is 1.41. The molecule has 0 spiro atoms. The Morgan fingerprint density at radius 2 is 1.73 bits per heavy atom. The molecule has 3 heterocycles. The molecular formula is C30H27F3N6O. The Morgan fingerprint density at radius 3 is 2.48 bits per heavy atom. The molecule has 40 heavy (non-hydrogen) atoms. The van der Waals surface area contributed by atoms with E-state index in [-0.39, 0.29) is 5.56 Å². The van der Waals surface area contributed by atoms with Gasteiger partial charge in [-0.25, -0.2) is 9.97 Å². The summed E-state index contributed by atoms with van der Waals surface area (Å²) in [5, 5.41) is 3.56. The Morgan fingerprint density at radius 1 is 0.950 bits per heavy atom. The van der Waals surface area contributed by atoms with Crippen LogP contribution in [0.2, 0.25) is 0 Å². The number of fused-ring (bicyclic) bond motifs is 1. The Hall–Kier alpha value is -4.57. The number of hydrogen-bond acceptors (Lipinski definition) is 5. The standard InChI is InChI=1S/C30H27F3N6O/c1-38(2)14-5-15-39-26(20-10-12-34-13-11-20)18-25-27(35-19-36-28(25)39)21-6-4-9-24(17-21)37-29(40)22-7-3-8-23(16-22)30(31,32)33/h3-4,6-13,16-19H,5,14-15H2,1-2H3,(H,37,40). The van der Waals surface area contributed by atoms with Crippen LogP contribution in [0.25, 0.3) is 33.5 Å². The molecule has 5 aromatic rings. The highest BCUT2D eigenvalue weighted by Gasteiger charge is 2.31. The zero-order chi connectivity index (χ0) is 28.3. The summed E-state index contributed by atoms with van der Waals surface area (Å²) in [4.78, 5) is 28.2. The number of alkyl halides is 3. The predicted molar refractivity (Wildman–Crippen MR) is 149 cm³/mol. The van der Waals surface area contributed by atoms with Crippen molar-refractivity contribution < 1.29 is 18.0 Å². The molecule has 0 aliphatic carbocycles. The molecule has 1 amide bonds. The van der Waals surface area contributed by atoms with Gasteiger partial charge >= 0.3 is 6.18 Å². The first-order valence-electron chi connectivity index (χ1n) is 12.7. The fourth-order valence-electron chi connectivity index (χ4n) is 4.61. The number of hydrogen-bond donors (Lipinski definition) is 1. The number of carbonyl (C=O) groups is 1.